The highest BCUT2D eigenvalue weighted by Crippen LogP contribution is 2.29. The number of hydrogen-bond donors (Lipinski definition) is 3. The van der Waals surface area contributed by atoms with Crippen molar-refractivity contribution in [2.75, 3.05) is 17.7 Å². The maximum atomic E-state index is 10.8. The second-order valence-corrected chi connectivity index (χ2v) is 4.49. The fraction of sp³-hybridized carbons (Fsp3) is 0.0833. The predicted octanol–water partition coefficient (Wildman–Crippen LogP) is 1.44. The van der Waals surface area contributed by atoms with Gasteiger partial charge in [0, 0.05) is 17.1 Å². The van der Waals surface area contributed by atoms with Crippen LogP contribution in [0.2, 0.25) is 0 Å². The predicted molar refractivity (Wildman–Crippen MR) is 74.1 cm³/mol. The summed E-state index contributed by atoms with van der Waals surface area (Å²) in [6.45, 7) is 0.0659. The van der Waals surface area contributed by atoms with Crippen molar-refractivity contribution in [1.29, 1.82) is 0 Å². The summed E-state index contributed by atoms with van der Waals surface area (Å²) in [4.78, 5) is 24.4. The molecule has 0 saturated carbocycles. The van der Waals surface area contributed by atoms with E-state index in [2.05, 4.69) is 10.3 Å². The average molecular weight is 293 g/mol. The SMILES string of the molecule is Nc1ccc2c(c1)OCC(=O)N2.O=C(O)c1cscn1. The fourth-order valence-corrected chi connectivity index (χ4v) is 1.94. The number of carbonyl (C=O) groups is 2. The normalized spacial score (nSPS) is 12.3. The van der Waals surface area contributed by atoms with Crippen molar-refractivity contribution in [1.82, 2.24) is 4.98 Å². The number of carboxylic acids is 1. The van der Waals surface area contributed by atoms with Crippen LogP contribution in [0.25, 0.3) is 0 Å². The van der Waals surface area contributed by atoms with Crippen molar-refractivity contribution in [2.45, 2.75) is 0 Å². The molecule has 20 heavy (non-hydrogen) atoms. The van der Waals surface area contributed by atoms with Gasteiger partial charge in [-0.3, -0.25) is 4.79 Å². The van der Waals surface area contributed by atoms with Gasteiger partial charge in [-0.1, -0.05) is 0 Å². The van der Waals surface area contributed by atoms with Gasteiger partial charge in [0.25, 0.3) is 5.91 Å². The molecule has 104 valence electrons. The molecular weight excluding hydrogens is 282 g/mol. The average Bonchev–Trinajstić information content (AvgIpc) is 2.94. The third-order valence-corrected chi connectivity index (χ3v) is 2.88. The number of thiazole rings is 1. The molecule has 0 unspecified atom stereocenters. The first-order valence-corrected chi connectivity index (χ1v) is 6.44. The van der Waals surface area contributed by atoms with Crippen LogP contribution in [-0.4, -0.2) is 28.6 Å². The van der Waals surface area contributed by atoms with Crippen molar-refractivity contribution in [3.63, 3.8) is 0 Å². The molecule has 0 atom stereocenters. The van der Waals surface area contributed by atoms with E-state index in [0.717, 1.165) is 0 Å². The number of nitrogen functional groups attached to an aromatic ring is 1. The summed E-state index contributed by atoms with van der Waals surface area (Å²) < 4.78 is 5.12. The van der Waals surface area contributed by atoms with E-state index >= 15 is 0 Å². The van der Waals surface area contributed by atoms with E-state index in [1.807, 2.05) is 0 Å². The van der Waals surface area contributed by atoms with E-state index in [4.69, 9.17) is 15.6 Å². The zero-order valence-electron chi connectivity index (χ0n) is 10.2. The van der Waals surface area contributed by atoms with Crippen molar-refractivity contribution in [2.24, 2.45) is 0 Å². The molecule has 1 amide bonds. The summed E-state index contributed by atoms with van der Waals surface area (Å²) in [6, 6.07) is 5.13. The molecular formula is C12H11N3O4S. The molecule has 8 heteroatoms. The zero-order chi connectivity index (χ0) is 14.5. The quantitative estimate of drug-likeness (QED) is 0.685. The minimum Gasteiger partial charge on any atom is -0.482 e. The molecule has 4 N–H and O–H groups in total. The largest absolute Gasteiger partial charge is 0.482 e. The van der Waals surface area contributed by atoms with Gasteiger partial charge in [-0.25, -0.2) is 9.78 Å². The molecule has 2 aromatic rings. The minimum absolute atomic E-state index is 0.0659. The lowest BCUT2D eigenvalue weighted by atomic mass is 10.2. The van der Waals surface area contributed by atoms with Crippen LogP contribution in [-0.2, 0) is 4.79 Å². The number of aromatic nitrogens is 1. The van der Waals surface area contributed by atoms with Gasteiger partial charge in [0.1, 0.15) is 5.75 Å². The smallest absolute Gasteiger partial charge is 0.355 e. The monoisotopic (exact) mass is 293 g/mol. The summed E-state index contributed by atoms with van der Waals surface area (Å²) in [5, 5.41) is 12.4. The third kappa shape index (κ3) is 3.45. The summed E-state index contributed by atoms with van der Waals surface area (Å²) in [6.07, 6.45) is 0. The van der Waals surface area contributed by atoms with Gasteiger partial charge in [-0.15, -0.1) is 11.3 Å². The standard InChI is InChI=1S/C8H8N2O2.C4H3NO2S/c9-5-1-2-6-7(3-5)12-4-8(11)10-6;6-4(7)3-1-8-2-5-3/h1-3H,4,9H2,(H,10,11);1-2H,(H,6,7). The molecule has 7 nitrogen and oxygen atoms in total. The number of nitrogens with zero attached hydrogens (tertiary/aromatic N) is 1. The van der Waals surface area contributed by atoms with E-state index in [-0.39, 0.29) is 18.2 Å². The Bertz CT molecular complexity index is 628. The Balaban J connectivity index is 0.000000160. The van der Waals surface area contributed by atoms with Crippen LogP contribution < -0.4 is 15.8 Å². The number of anilines is 2. The van der Waals surface area contributed by atoms with Crippen LogP contribution in [0.4, 0.5) is 11.4 Å². The molecule has 1 aliphatic rings. The Labute approximate surface area is 118 Å². The molecule has 0 saturated heterocycles. The van der Waals surface area contributed by atoms with Crippen molar-refractivity contribution >= 4 is 34.6 Å². The number of rotatable bonds is 1. The second-order valence-electron chi connectivity index (χ2n) is 3.77. The van der Waals surface area contributed by atoms with Crippen LogP contribution in [0.1, 0.15) is 10.5 Å². The van der Waals surface area contributed by atoms with E-state index < -0.39 is 5.97 Å². The van der Waals surface area contributed by atoms with Crippen LogP contribution in [0, 0.1) is 0 Å². The second kappa shape index (κ2) is 6.02. The van der Waals surface area contributed by atoms with E-state index in [1.54, 1.807) is 18.2 Å². The molecule has 1 aliphatic heterocycles. The molecule has 3 rings (SSSR count). The zero-order valence-corrected chi connectivity index (χ0v) is 11.0. The number of fused-ring (bicyclic) bond motifs is 1. The number of hydrogen-bond acceptors (Lipinski definition) is 6. The fourth-order valence-electron chi connectivity index (χ4n) is 1.41. The Kier molecular flexibility index (Phi) is 4.16. The number of carboxylic acid groups (broad SMARTS) is 1. The molecule has 1 aromatic heterocycles. The number of aromatic carboxylic acids is 1. The van der Waals surface area contributed by atoms with Crippen LogP contribution in [0.5, 0.6) is 5.75 Å². The number of amides is 1. The van der Waals surface area contributed by atoms with E-state index in [1.165, 1.54) is 22.2 Å². The topological polar surface area (TPSA) is 115 Å². The molecule has 0 aliphatic carbocycles. The number of nitrogens with two attached hydrogens (primary N) is 1. The van der Waals surface area contributed by atoms with Crippen LogP contribution >= 0.6 is 11.3 Å². The van der Waals surface area contributed by atoms with Crippen LogP contribution in [0.3, 0.4) is 0 Å². The van der Waals surface area contributed by atoms with Gasteiger partial charge in [0.15, 0.2) is 12.3 Å². The van der Waals surface area contributed by atoms with Crippen molar-refractivity contribution in [3.8, 4) is 5.75 Å². The third-order valence-electron chi connectivity index (χ3n) is 2.29. The van der Waals surface area contributed by atoms with Crippen molar-refractivity contribution in [3.05, 3.63) is 34.8 Å². The highest BCUT2D eigenvalue weighted by molar-refractivity contribution is 7.07. The molecule has 0 radical (unpaired) electrons. The highest BCUT2D eigenvalue weighted by Gasteiger charge is 2.14. The Morgan fingerprint density at radius 2 is 2.30 bits per heavy atom. The Morgan fingerprint density at radius 1 is 1.50 bits per heavy atom. The van der Waals surface area contributed by atoms with Gasteiger partial charge < -0.3 is 20.9 Å². The maximum absolute atomic E-state index is 10.8. The van der Waals surface area contributed by atoms with E-state index in [9.17, 15) is 9.59 Å². The lowest BCUT2D eigenvalue weighted by Crippen LogP contribution is -2.25. The van der Waals surface area contributed by atoms with Crippen LogP contribution in [0.15, 0.2) is 29.1 Å². The first-order valence-electron chi connectivity index (χ1n) is 5.50. The van der Waals surface area contributed by atoms with Gasteiger partial charge in [-0.2, -0.15) is 0 Å². The van der Waals surface area contributed by atoms with Gasteiger partial charge in [-0.05, 0) is 12.1 Å². The number of carbonyl (C=O) groups excluding carboxylic acids is 1. The molecule has 1 aromatic carbocycles. The first-order chi connectivity index (χ1) is 9.56. The number of benzene rings is 1. The van der Waals surface area contributed by atoms with Crippen molar-refractivity contribution < 1.29 is 19.4 Å². The molecule has 0 bridgehead atoms. The van der Waals surface area contributed by atoms with Gasteiger partial charge in [0.05, 0.1) is 11.2 Å². The van der Waals surface area contributed by atoms with E-state index in [0.29, 0.717) is 17.1 Å². The minimum atomic E-state index is -0.966. The summed E-state index contributed by atoms with van der Waals surface area (Å²) in [5.41, 5.74) is 8.44. The Morgan fingerprint density at radius 3 is 2.90 bits per heavy atom. The molecule has 2 heterocycles. The summed E-state index contributed by atoms with van der Waals surface area (Å²) in [5.74, 6) is -0.465. The van der Waals surface area contributed by atoms with Gasteiger partial charge in [0.2, 0.25) is 0 Å². The highest BCUT2D eigenvalue weighted by atomic mass is 32.1. The number of ether oxygens (including phenoxy) is 1. The number of nitrogens with one attached hydrogen (secondary N) is 1. The first kappa shape index (κ1) is 13.8. The summed E-state index contributed by atoms with van der Waals surface area (Å²) in [7, 11) is 0. The maximum Gasteiger partial charge on any atom is 0.355 e. The lowest BCUT2D eigenvalue weighted by molar-refractivity contribution is -0.118. The molecule has 0 fully saturated rings. The lowest BCUT2D eigenvalue weighted by Gasteiger charge is -2.17. The molecule has 0 spiro atoms. The van der Waals surface area contributed by atoms with Gasteiger partial charge >= 0.3 is 5.97 Å². The Hall–Kier alpha value is -2.61. The summed E-state index contributed by atoms with van der Waals surface area (Å²) >= 11 is 1.28.